The lowest BCUT2D eigenvalue weighted by atomic mass is 9.46. The normalized spacial score (nSPS) is 32.2. The molecule has 2 aliphatic carbocycles. The van der Waals surface area contributed by atoms with E-state index in [0.29, 0.717) is 11.7 Å². The molecule has 0 amide bonds. The Morgan fingerprint density at radius 1 is 1.38 bits per heavy atom. The number of ether oxygens (including phenoxy) is 1. The van der Waals surface area contributed by atoms with Crippen molar-refractivity contribution < 1.29 is 23.8 Å². The highest BCUT2D eigenvalue weighted by Gasteiger charge is 2.57. The van der Waals surface area contributed by atoms with Gasteiger partial charge in [0.1, 0.15) is 5.76 Å². The molecule has 158 valence electrons. The van der Waals surface area contributed by atoms with Crippen LogP contribution in [0.5, 0.6) is 0 Å². The first-order chi connectivity index (χ1) is 13.7. The topological polar surface area (TPSA) is 76.7 Å². The van der Waals surface area contributed by atoms with Crippen molar-refractivity contribution in [1.29, 1.82) is 0 Å². The van der Waals surface area contributed by atoms with Gasteiger partial charge in [-0.15, -0.1) is 0 Å². The fourth-order valence-electron chi connectivity index (χ4n) is 6.11. The number of hydrogen-bond acceptors (Lipinski definition) is 4. The van der Waals surface area contributed by atoms with E-state index in [0.717, 1.165) is 56.6 Å². The number of furan rings is 1. The number of rotatable bonds is 6. The fourth-order valence-corrected chi connectivity index (χ4v) is 6.11. The Morgan fingerprint density at radius 3 is 2.83 bits per heavy atom. The molecule has 0 spiro atoms. The van der Waals surface area contributed by atoms with Gasteiger partial charge in [-0.1, -0.05) is 25.5 Å². The molecule has 5 nitrogen and oxygen atoms in total. The Hall–Kier alpha value is -2.30. The third-order valence-electron chi connectivity index (χ3n) is 7.53. The Morgan fingerprint density at radius 2 is 2.14 bits per heavy atom. The molecule has 1 N–H and O–H groups in total. The smallest absolute Gasteiger partial charge is 0.328 e. The number of methoxy groups -OCH3 is 1. The molecule has 1 aromatic heterocycles. The molecule has 1 heterocycles. The van der Waals surface area contributed by atoms with Gasteiger partial charge in [0.05, 0.1) is 18.8 Å². The van der Waals surface area contributed by atoms with Gasteiger partial charge in [-0.05, 0) is 80.4 Å². The summed E-state index contributed by atoms with van der Waals surface area (Å²) in [7, 11) is 1.49. The fraction of sp³-hybridized carbons (Fsp3) is 0.583. The third-order valence-corrected chi connectivity index (χ3v) is 7.53. The zero-order valence-corrected chi connectivity index (χ0v) is 17.7. The second-order valence-electron chi connectivity index (χ2n) is 9.09. The summed E-state index contributed by atoms with van der Waals surface area (Å²) in [6.07, 6.45) is 10.8. The van der Waals surface area contributed by atoms with Gasteiger partial charge < -0.3 is 14.3 Å². The third kappa shape index (κ3) is 3.92. The van der Waals surface area contributed by atoms with E-state index in [1.165, 1.54) is 18.8 Å². The van der Waals surface area contributed by atoms with Gasteiger partial charge in [-0.3, -0.25) is 4.79 Å². The molecule has 4 atom stereocenters. The van der Waals surface area contributed by atoms with Gasteiger partial charge in [0.2, 0.25) is 0 Å². The number of carbonyl (C=O) groups excluding carboxylic acids is 1. The summed E-state index contributed by atoms with van der Waals surface area (Å²) in [6.45, 7) is 8.80. The molecule has 0 radical (unpaired) electrons. The van der Waals surface area contributed by atoms with Gasteiger partial charge in [0.15, 0.2) is 0 Å². The molecule has 2 aliphatic rings. The van der Waals surface area contributed by atoms with Crippen LogP contribution >= 0.6 is 0 Å². The predicted molar refractivity (Wildman–Crippen MR) is 111 cm³/mol. The molecule has 2 fully saturated rings. The molecule has 2 saturated carbocycles. The molecule has 0 aromatic carbocycles. The highest BCUT2D eigenvalue weighted by Crippen LogP contribution is 2.62. The standard InChI is InChI=1S/C24H32O5/c1-16-6-10-20-23(2,13-5-14-24(20,3)22(27)28-4)18(16)8-7-17-12-15-29-19(17)9-11-21(25)26/h9,11-12,15,18,20H,1,5-8,10,13-14H2,2-4H3,(H,25,26)/b11-9+/t18-,20+,23-,24+/m0/s1. The zero-order valence-electron chi connectivity index (χ0n) is 17.7. The maximum atomic E-state index is 12.7. The number of carboxylic acids is 1. The summed E-state index contributed by atoms with van der Waals surface area (Å²) in [6, 6.07) is 1.91. The Kier molecular flexibility index (Phi) is 6.06. The van der Waals surface area contributed by atoms with E-state index < -0.39 is 11.4 Å². The van der Waals surface area contributed by atoms with E-state index in [2.05, 4.69) is 20.4 Å². The minimum atomic E-state index is -0.993. The van der Waals surface area contributed by atoms with Crippen LogP contribution in [0.3, 0.4) is 0 Å². The average Bonchev–Trinajstić information content (AvgIpc) is 3.12. The number of fused-ring (bicyclic) bond motifs is 1. The monoisotopic (exact) mass is 400 g/mol. The summed E-state index contributed by atoms with van der Waals surface area (Å²) in [5, 5.41) is 8.87. The Balaban J connectivity index is 1.82. The van der Waals surface area contributed by atoms with Crippen molar-refractivity contribution in [3.63, 3.8) is 0 Å². The molecule has 0 unspecified atom stereocenters. The lowest BCUT2D eigenvalue weighted by Crippen LogP contribution is -2.53. The summed E-state index contributed by atoms with van der Waals surface area (Å²) in [4.78, 5) is 23.5. The number of esters is 1. The van der Waals surface area contributed by atoms with Crippen molar-refractivity contribution >= 4 is 18.0 Å². The maximum absolute atomic E-state index is 12.7. The van der Waals surface area contributed by atoms with Crippen LogP contribution in [0.2, 0.25) is 0 Å². The number of aryl methyl sites for hydroxylation is 1. The van der Waals surface area contributed by atoms with E-state index in [1.807, 2.05) is 6.07 Å². The van der Waals surface area contributed by atoms with E-state index >= 15 is 0 Å². The molecule has 0 saturated heterocycles. The summed E-state index contributed by atoms with van der Waals surface area (Å²) in [5.74, 6) is 0.112. The van der Waals surface area contributed by atoms with E-state index in [1.54, 1.807) is 6.26 Å². The van der Waals surface area contributed by atoms with Crippen LogP contribution in [-0.2, 0) is 20.7 Å². The first kappa shape index (κ1) is 21.4. The molecule has 0 bridgehead atoms. The number of hydrogen-bond donors (Lipinski definition) is 1. The largest absolute Gasteiger partial charge is 0.478 e. The van der Waals surface area contributed by atoms with Gasteiger partial charge >= 0.3 is 11.9 Å². The second kappa shape index (κ2) is 8.21. The minimum absolute atomic E-state index is 0.0112. The number of carboxylic acid groups (broad SMARTS) is 1. The molecule has 0 aliphatic heterocycles. The van der Waals surface area contributed by atoms with Gasteiger partial charge in [-0.25, -0.2) is 4.79 Å². The summed E-state index contributed by atoms with van der Waals surface area (Å²) < 4.78 is 10.7. The van der Waals surface area contributed by atoms with E-state index in [4.69, 9.17) is 14.3 Å². The zero-order chi connectivity index (χ0) is 21.2. The van der Waals surface area contributed by atoms with Crippen LogP contribution < -0.4 is 0 Å². The van der Waals surface area contributed by atoms with Gasteiger partial charge in [0, 0.05) is 6.08 Å². The molecule has 5 heteroatoms. The highest BCUT2D eigenvalue weighted by atomic mass is 16.5. The van der Waals surface area contributed by atoms with Gasteiger partial charge in [0.25, 0.3) is 0 Å². The van der Waals surface area contributed by atoms with Crippen LogP contribution in [0, 0.1) is 22.7 Å². The number of carbonyl (C=O) groups is 2. The van der Waals surface area contributed by atoms with E-state index in [9.17, 15) is 9.59 Å². The molecule has 29 heavy (non-hydrogen) atoms. The van der Waals surface area contributed by atoms with Gasteiger partial charge in [-0.2, -0.15) is 0 Å². The average molecular weight is 401 g/mol. The lowest BCUT2D eigenvalue weighted by molar-refractivity contribution is -0.168. The molecule has 3 rings (SSSR count). The lowest BCUT2D eigenvalue weighted by Gasteiger charge is -2.57. The van der Waals surface area contributed by atoms with Crippen molar-refractivity contribution in [2.24, 2.45) is 22.7 Å². The van der Waals surface area contributed by atoms with Crippen LogP contribution in [0.15, 0.2) is 35.0 Å². The van der Waals surface area contributed by atoms with Crippen molar-refractivity contribution in [3.8, 4) is 0 Å². The van der Waals surface area contributed by atoms with Crippen molar-refractivity contribution in [2.75, 3.05) is 7.11 Å². The second-order valence-corrected chi connectivity index (χ2v) is 9.09. The molecular formula is C24H32O5. The van der Waals surface area contributed by atoms with Crippen LogP contribution in [0.4, 0.5) is 0 Å². The molecular weight excluding hydrogens is 368 g/mol. The van der Waals surface area contributed by atoms with Crippen molar-refractivity contribution in [3.05, 3.63) is 41.9 Å². The Bertz CT molecular complexity index is 819. The number of allylic oxidation sites excluding steroid dienone is 1. The van der Waals surface area contributed by atoms with Crippen LogP contribution in [-0.4, -0.2) is 24.2 Å². The minimum Gasteiger partial charge on any atom is -0.478 e. The molecule has 1 aromatic rings. The van der Waals surface area contributed by atoms with Crippen molar-refractivity contribution in [1.82, 2.24) is 0 Å². The Labute approximate surface area is 172 Å². The predicted octanol–water partition coefficient (Wildman–Crippen LogP) is 5.26. The van der Waals surface area contributed by atoms with Crippen LogP contribution in [0.1, 0.15) is 63.7 Å². The summed E-state index contributed by atoms with van der Waals surface area (Å²) >= 11 is 0. The quantitative estimate of drug-likeness (QED) is 0.400. The maximum Gasteiger partial charge on any atom is 0.328 e. The van der Waals surface area contributed by atoms with E-state index in [-0.39, 0.29) is 17.3 Å². The highest BCUT2D eigenvalue weighted by molar-refractivity contribution is 5.85. The first-order valence-electron chi connectivity index (χ1n) is 10.5. The summed E-state index contributed by atoms with van der Waals surface area (Å²) in [5.41, 5.74) is 1.85. The number of aliphatic carboxylic acids is 1. The van der Waals surface area contributed by atoms with Crippen LogP contribution in [0.25, 0.3) is 6.08 Å². The van der Waals surface area contributed by atoms with Crippen molar-refractivity contribution in [2.45, 2.75) is 58.8 Å². The first-order valence-corrected chi connectivity index (χ1v) is 10.5. The SMILES string of the molecule is C=C1CC[C@@H]2[C@@](C)(CCC[C@@]2(C)C(=O)OC)[C@H]1CCc1ccoc1/C=C/C(=O)O.